The maximum absolute atomic E-state index is 9.89. The quantitative estimate of drug-likeness (QED) is 0.513. The Bertz CT molecular complexity index is 1320. The summed E-state index contributed by atoms with van der Waals surface area (Å²) in [5.74, 6) is 0.168. The van der Waals surface area contributed by atoms with Crippen LogP contribution in [0.2, 0.25) is 0 Å². The monoisotopic (exact) mass is 392 g/mol. The van der Waals surface area contributed by atoms with Gasteiger partial charge in [0.05, 0.1) is 17.2 Å². The van der Waals surface area contributed by atoms with Gasteiger partial charge in [0, 0.05) is 5.56 Å². The van der Waals surface area contributed by atoms with Gasteiger partial charge in [0.1, 0.15) is 11.6 Å². The van der Waals surface area contributed by atoms with Crippen LogP contribution < -0.4 is 10.5 Å². The standard InChI is InChI=1S/C25H20N4O/c1-2-15-10-12-17(13-11-15)21-20(14-26)24(27)30-25-22(21)23(28-29-25)19-9-5-7-16-6-3-4-8-18(16)19/h3-13,21H,2,27H2,1H3,(H,28,29)/t21-/m1/s1. The van der Waals surface area contributed by atoms with Gasteiger partial charge in [-0.15, -0.1) is 5.10 Å². The highest BCUT2D eigenvalue weighted by molar-refractivity contribution is 5.97. The molecule has 0 unspecified atom stereocenters. The summed E-state index contributed by atoms with van der Waals surface area (Å²) in [4.78, 5) is 0. The van der Waals surface area contributed by atoms with Crippen LogP contribution in [0.3, 0.4) is 0 Å². The van der Waals surface area contributed by atoms with Crippen molar-refractivity contribution in [2.45, 2.75) is 19.3 Å². The van der Waals surface area contributed by atoms with Gasteiger partial charge in [0.15, 0.2) is 0 Å². The molecule has 1 aliphatic rings. The van der Waals surface area contributed by atoms with Crippen molar-refractivity contribution in [2.24, 2.45) is 5.73 Å². The van der Waals surface area contributed by atoms with Crippen molar-refractivity contribution in [3.8, 4) is 23.2 Å². The molecule has 2 heterocycles. The Labute approximate surface area is 174 Å². The highest BCUT2D eigenvalue weighted by Crippen LogP contribution is 2.46. The molecule has 1 aromatic heterocycles. The van der Waals surface area contributed by atoms with E-state index < -0.39 is 0 Å². The minimum atomic E-state index is -0.350. The molecule has 146 valence electrons. The first-order chi connectivity index (χ1) is 14.7. The second kappa shape index (κ2) is 7.09. The van der Waals surface area contributed by atoms with E-state index in [1.54, 1.807) is 0 Å². The minimum absolute atomic E-state index is 0.102. The van der Waals surface area contributed by atoms with Crippen molar-refractivity contribution in [3.63, 3.8) is 0 Å². The summed E-state index contributed by atoms with van der Waals surface area (Å²) < 4.78 is 5.74. The van der Waals surface area contributed by atoms with E-state index in [1.165, 1.54) is 5.56 Å². The average Bonchev–Trinajstić information content (AvgIpc) is 3.21. The van der Waals surface area contributed by atoms with E-state index in [0.29, 0.717) is 11.5 Å². The topological polar surface area (TPSA) is 87.7 Å². The van der Waals surface area contributed by atoms with Gasteiger partial charge >= 0.3 is 0 Å². The highest BCUT2D eigenvalue weighted by Gasteiger charge is 2.35. The SMILES string of the molecule is CCc1ccc([C@@H]2C(C#N)=C(N)Oc3n[nH]c(-c4cccc5ccccc45)c32)cc1. The molecular weight excluding hydrogens is 372 g/mol. The smallest absolute Gasteiger partial charge is 0.244 e. The van der Waals surface area contributed by atoms with E-state index in [9.17, 15) is 5.26 Å². The van der Waals surface area contributed by atoms with E-state index in [4.69, 9.17) is 10.5 Å². The Kier molecular flexibility index (Phi) is 4.26. The number of benzene rings is 3. The number of allylic oxidation sites excluding steroid dienone is 1. The van der Waals surface area contributed by atoms with Crippen molar-refractivity contribution in [1.82, 2.24) is 10.2 Å². The Morgan fingerprint density at radius 1 is 1.07 bits per heavy atom. The molecule has 30 heavy (non-hydrogen) atoms. The van der Waals surface area contributed by atoms with Crippen molar-refractivity contribution in [2.75, 3.05) is 0 Å². The van der Waals surface area contributed by atoms with Crippen LogP contribution in [0.4, 0.5) is 0 Å². The number of aromatic nitrogens is 2. The number of aromatic amines is 1. The van der Waals surface area contributed by atoms with Gasteiger partial charge in [-0.3, -0.25) is 5.10 Å². The first kappa shape index (κ1) is 18.0. The molecule has 3 aromatic carbocycles. The van der Waals surface area contributed by atoms with Crippen LogP contribution in [0.1, 0.15) is 29.5 Å². The number of nitrogens with one attached hydrogen (secondary N) is 1. The molecule has 4 aromatic rings. The summed E-state index contributed by atoms with van der Waals surface area (Å²) in [7, 11) is 0. The van der Waals surface area contributed by atoms with Crippen LogP contribution in [-0.4, -0.2) is 10.2 Å². The average molecular weight is 392 g/mol. The maximum Gasteiger partial charge on any atom is 0.244 e. The molecule has 5 nitrogen and oxygen atoms in total. The summed E-state index contributed by atoms with van der Waals surface area (Å²) in [6.45, 7) is 2.12. The first-order valence-corrected chi connectivity index (χ1v) is 9.94. The fourth-order valence-electron chi connectivity index (χ4n) is 4.17. The zero-order valence-electron chi connectivity index (χ0n) is 16.5. The number of hydrogen-bond acceptors (Lipinski definition) is 4. The lowest BCUT2D eigenvalue weighted by Gasteiger charge is -2.24. The van der Waals surface area contributed by atoms with Gasteiger partial charge in [-0.2, -0.15) is 5.26 Å². The van der Waals surface area contributed by atoms with Gasteiger partial charge in [-0.25, -0.2) is 0 Å². The van der Waals surface area contributed by atoms with Crippen LogP contribution in [0.25, 0.3) is 22.0 Å². The summed E-state index contributed by atoms with van der Waals surface area (Å²) >= 11 is 0. The lowest BCUT2D eigenvalue weighted by atomic mass is 9.82. The van der Waals surface area contributed by atoms with Gasteiger partial charge in [-0.05, 0) is 28.3 Å². The Hall–Kier alpha value is -4.04. The number of nitriles is 1. The van der Waals surface area contributed by atoms with Crippen molar-refractivity contribution < 1.29 is 4.74 Å². The molecule has 0 spiro atoms. The molecule has 5 heteroatoms. The second-order valence-corrected chi connectivity index (χ2v) is 7.36. The van der Waals surface area contributed by atoms with Crippen LogP contribution in [0, 0.1) is 11.3 Å². The van der Waals surface area contributed by atoms with Crippen molar-refractivity contribution in [1.29, 1.82) is 5.26 Å². The molecule has 0 fully saturated rings. The predicted molar refractivity (Wildman–Crippen MR) is 117 cm³/mol. The molecule has 1 aliphatic heterocycles. The van der Waals surface area contributed by atoms with E-state index in [1.807, 2.05) is 18.2 Å². The van der Waals surface area contributed by atoms with Crippen molar-refractivity contribution >= 4 is 10.8 Å². The number of ether oxygens (including phenoxy) is 1. The first-order valence-electron chi connectivity index (χ1n) is 9.94. The zero-order chi connectivity index (χ0) is 20.7. The van der Waals surface area contributed by atoms with E-state index >= 15 is 0 Å². The lowest BCUT2D eigenvalue weighted by molar-refractivity contribution is 0.379. The maximum atomic E-state index is 9.89. The molecule has 1 atom stereocenters. The summed E-state index contributed by atoms with van der Waals surface area (Å²) in [6.07, 6.45) is 0.954. The fraction of sp³-hybridized carbons (Fsp3) is 0.120. The molecule has 3 N–H and O–H groups in total. The minimum Gasteiger partial charge on any atom is -0.420 e. The number of hydrogen-bond donors (Lipinski definition) is 2. The molecule has 0 saturated carbocycles. The van der Waals surface area contributed by atoms with Gasteiger partial charge < -0.3 is 10.5 Å². The Balaban J connectivity index is 1.76. The normalized spacial score (nSPS) is 15.5. The molecule has 0 aliphatic carbocycles. The largest absolute Gasteiger partial charge is 0.420 e. The number of fused-ring (bicyclic) bond motifs is 2. The van der Waals surface area contributed by atoms with Crippen LogP contribution in [0.5, 0.6) is 5.88 Å². The van der Waals surface area contributed by atoms with Crippen LogP contribution in [0.15, 0.2) is 78.2 Å². The second-order valence-electron chi connectivity index (χ2n) is 7.36. The zero-order valence-corrected chi connectivity index (χ0v) is 16.5. The summed E-state index contributed by atoms with van der Waals surface area (Å²) in [5, 5.41) is 19.7. The van der Waals surface area contributed by atoms with E-state index in [2.05, 4.69) is 71.7 Å². The third-order valence-corrected chi connectivity index (χ3v) is 5.72. The highest BCUT2D eigenvalue weighted by atomic mass is 16.5. The number of aryl methyl sites for hydroxylation is 1. The molecule has 5 rings (SSSR count). The fourth-order valence-corrected chi connectivity index (χ4v) is 4.17. The lowest BCUT2D eigenvalue weighted by Crippen LogP contribution is -2.21. The molecule has 0 amide bonds. The van der Waals surface area contributed by atoms with Crippen LogP contribution in [-0.2, 0) is 6.42 Å². The van der Waals surface area contributed by atoms with Crippen LogP contribution >= 0.6 is 0 Å². The molecule has 0 radical (unpaired) electrons. The summed E-state index contributed by atoms with van der Waals surface area (Å²) in [6, 6.07) is 24.9. The Morgan fingerprint density at radius 2 is 1.83 bits per heavy atom. The number of nitrogens with two attached hydrogens (primary N) is 1. The summed E-state index contributed by atoms with van der Waals surface area (Å²) in [5.41, 5.74) is 11.4. The Morgan fingerprint density at radius 3 is 2.60 bits per heavy atom. The predicted octanol–water partition coefficient (Wildman–Crippen LogP) is 5.01. The van der Waals surface area contributed by atoms with E-state index in [0.717, 1.165) is 39.6 Å². The van der Waals surface area contributed by atoms with Gasteiger partial charge in [-0.1, -0.05) is 73.7 Å². The van der Waals surface area contributed by atoms with Crippen molar-refractivity contribution in [3.05, 3.63) is 94.9 Å². The number of nitrogens with zero attached hydrogens (tertiary/aromatic N) is 2. The van der Waals surface area contributed by atoms with E-state index in [-0.39, 0.29) is 11.8 Å². The molecule has 0 saturated heterocycles. The third-order valence-electron chi connectivity index (χ3n) is 5.72. The van der Waals surface area contributed by atoms with Gasteiger partial charge in [0.2, 0.25) is 11.8 Å². The molecular formula is C25H20N4O. The van der Waals surface area contributed by atoms with Gasteiger partial charge in [0.25, 0.3) is 0 Å². The third kappa shape index (κ3) is 2.73. The number of rotatable bonds is 3. The molecule has 0 bridgehead atoms. The number of H-pyrrole nitrogens is 1.